The standard InChI is InChI=1S/C26H24ClN3O4/c27-19-12-20-25(29-22(19)17-8-6-16(7-9-17)15-4-2-1-3-5-15)30-26(28-20)34-21-14-33-23-18(10-11-31)13-32-24(21)23/h1-9,12,18,21,23-24,31H,10-11,13-14H2,(H,28,29,30). The first kappa shape index (κ1) is 21.6. The van der Waals surface area contributed by atoms with Gasteiger partial charge < -0.3 is 24.3 Å². The zero-order chi connectivity index (χ0) is 23.1. The number of ether oxygens (including phenoxy) is 3. The van der Waals surface area contributed by atoms with Gasteiger partial charge in [0.15, 0.2) is 11.8 Å². The predicted molar refractivity (Wildman–Crippen MR) is 129 cm³/mol. The van der Waals surface area contributed by atoms with Gasteiger partial charge in [0, 0.05) is 18.1 Å². The molecule has 34 heavy (non-hydrogen) atoms. The molecule has 0 aliphatic carbocycles. The first-order valence-corrected chi connectivity index (χ1v) is 11.8. The fraction of sp³-hybridized carbons (Fsp3) is 0.308. The average Bonchev–Trinajstić information content (AvgIpc) is 3.56. The van der Waals surface area contributed by atoms with Crippen LogP contribution in [0.25, 0.3) is 33.5 Å². The van der Waals surface area contributed by atoms with Gasteiger partial charge in [0.05, 0.1) is 35.6 Å². The molecule has 2 aromatic heterocycles. The minimum atomic E-state index is -0.269. The van der Waals surface area contributed by atoms with E-state index in [0.29, 0.717) is 47.5 Å². The molecular formula is C26H24ClN3O4. The van der Waals surface area contributed by atoms with E-state index in [1.54, 1.807) is 0 Å². The van der Waals surface area contributed by atoms with E-state index in [-0.39, 0.29) is 30.8 Å². The Morgan fingerprint density at radius 1 is 0.941 bits per heavy atom. The average molecular weight is 478 g/mol. The van der Waals surface area contributed by atoms with Gasteiger partial charge in [-0.3, -0.25) is 0 Å². The Labute approximate surface area is 201 Å². The van der Waals surface area contributed by atoms with Gasteiger partial charge in [0.1, 0.15) is 6.10 Å². The van der Waals surface area contributed by atoms with E-state index in [2.05, 4.69) is 34.2 Å². The Bertz CT molecular complexity index is 1290. The Hall–Kier alpha value is -2.97. The quantitative estimate of drug-likeness (QED) is 0.425. The summed E-state index contributed by atoms with van der Waals surface area (Å²) < 4.78 is 17.9. The molecule has 174 valence electrons. The molecule has 2 N–H and O–H groups in total. The highest BCUT2D eigenvalue weighted by Gasteiger charge is 2.48. The molecule has 0 amide bonds. The van der Waals surface area contributed by atoms with Crippen LogP contribution in [0.1, 0.15) is 6.42 Å². The smallest absolute Gasteiger partial charge is 0.296 e. The third kappa shape index (κ3) is 3.95. The molecule has 0 spiro atoms. The van der Waals surface area contributed by atoms with Crippen LogP contribution in [0.5, 0.6) is 6.01 Å². The normalized spacial score (nSPS) is 23.9. The Morgan fingerprint density at radius 3 is 2.47 bits per heavy atom. The molecule has 2 aliphatic rings. The van der Waals surface area contributed by atoms with E-state index in [9.17, 15) is 5.11 Å². The highest BCUT2D eigenvalue weighted by Crippen LogP contribution is 2.35. The summed E-state index contributed by atoms with van der Waals surface area (Å²) in [7, 11) is 0. The number of pyridine rings is 1. The lowest BCUT2D eigenvalue weighted by Gasteiger charge is -2.16. The summed E-state index contributed by atoms with van der Waals surface area (Å²) >= 11 is 6.58. The van der Waals surface area contributed by atoms with E-state index < -0.39 is 0 Å². The summed E-state index contributed by atoms with van der Waals surface area (Å²) in [5.41, 5.74) is 5.10. The van der Waals surface area contributed by atoms with Crippen molar-refractivity contribution in [3.8, 4) is 28.4 Å². The van der Waals surface area contributed by atoms with Gasteiger partial charge in [-0.05, 0) is 23.6 Å². The number of aliphatic hydroxyl groups excluding tert-OH is 1. The van der Waals surface area contributed by atoms with Crippen LogP contribution in [0.15, 0.2) is 60.7 Å². The van der Waals surface area contributed by atoms with Crippen LogP contribution in [0.4, 0.5) is 0 Å². The van der Waals surface area contributed by atoms with Gasteiger partial charge in [0.25, 0.3) is 6.01 Å². The van der Waals surface area contributed by atoms with Crippen LogP contribution in [0.2, 0.25) is 5.02 Å². The third-order valence-corrected chi connectivity index (χ3v) is 6.83. The molecule has 8 heteroatoms. The van der Waals surface area contributed by atoms with Crippen LogP contribution in [-0.4, -0.2) is 58.2 Å². The molecule has 7 nitrogen and oxygen atoms in total. The molecule has 0 bridgehead atoms. The first-order valence-electron chi connectivity index (χ1n) is 11.4. The van der Waals surface area contributed by atoms with Crippen LogP contribution in [-0.2, 0) is 9.47 Å². The van der Waals surface area contributed by atoms with Gasteiger partial charge in [-0.1, -0.05) is 66.2 Å². The molecule has 6 rings (SSSR count). The lowest BCUT2D eigenvalue weighted by Crippen LogP contribution is -2.33. The zero-order valence-corrected chi connectivity index (χ0v) is 19.1. The van der Waals surface area contributed by atoms with Gasteiger partial charge in [0.2, 0.25) is 0 Å². The molecule has 2 saturated heterocycles. The predicted octanol–water partition coefficient (Wildman–Crippen LogP) is 4.49. The van der Waals surface area contributed by atoms with E-state index in [4.69, 9.17) is 30.8 Å². The van der Waals surface area contributed by atoms with Crippen molar-refractivity contribution in [3.63, 3.8) is 0 Å². The summed E-state index contributed by atoms with van der Waals surface area (Å²) in [6.07, 6.45) is 0.171. The monoisotopic (exact) mass is 477 g/mol. The van der Waals surface area contributed by atoms with Crippen molar-refractivity contribution in [1.82, 2.24) is 15.0 Å². The topological polar surface area (TPSA) is 89.5 Å². The van der Waals surface area contributed by atoms with Crippen molar-refractivity contribution in [2.24, 2.45) is 5.92 Å². The maximum atomic E-state index is 9.25. The number of aliphatic hydroxyl groups is 1. The Kier molecular flexibility index (Phi) is 5.71. The number of H-pyrrole nitrogens is 1. The van der Waals surface area contributed by atoms with Crippen molar-refractivity contribution in [2.45, 2.75) is 24.7 Å². The maximum Gasteiger partial charge on any atom is 0.296 e. The minimum Gasteiger partial charge on any atom is -0.456 e. The lowest BCUT2D eigenvalue weighted by molar-refractivity contribution is 0.0252. The molecule has 2 fully saturated rings. The van der Waals surface area contributed by atoms with Crippen LogP contribution < -0.4 is 4.74 Å². The lowest BCUT2D eigenvalue weighted by atomic mass is 9.98. The largest absolute Gasteiger partial charge is 0.456 e. The molecule has 4 atom stereocenters. The molecule has 4 unspecified atom stereocenters. The number of fused-ring (bicyclic) bond motifs is 2. The summed E-state index contributed by atoms with van der Waals surface area (Å²) in [6, 6.07) is 20.6. The minimum absolute atomic E-state index is 0.0560. The second-order valence-electron chi connectivity index (χ2n) is 8.70. The van der Waals surface area contributed by atoms with Gasteiger partial charge in [-0.2, -0.15) is 4.98 Å². The Balaban J connectivity index is 1.22. The Morgan fingerprint density at radius 2 is 1.68 bits per heavy atom. The molecular weight excluding hydrogens is 454 g/mol. The molecule has 2 aromatic carbocycles. The number of hydrogen-bond acceptors (Lipinski definition) is 6. The first-order chi connectivity index (χ1) is 16.7. The summed E-state index contributed by atoms with van der Waals surface area (Å²) in [5, 5.41) is 9.78. The van der Waals surface area contributed by atoms with Crippen molar-refractivity contribution in [3.05, 3.63) is 65.7 Å². The third-order valence-electron chi connectivity index (χ3n) is 6.54. The highest BCUT2D eigenvalue weighted by atomic mass is 35.5. The van der Waals surface area contributed by atoms with Crippen LogP contribution in [0.3, 0.4) is 0 Å². The maximum absolute atomic E-state index is 9.25. The summed E-state index contributed by atoms with van der Waals surface area (Å²) in [4.78, 5) is 12.4. The number of benzene rings is 2. The number of imidazole rings is 1. The number of hydrogen-bond donors (Lipinski definition) is 2. The van der Waals surface area contributed by atoms with Gasteiger partial charge >= 0.3 is 0 Å². The second-order valence-corrected chi connectivity index (χ2v) is 9.11. The van der Waals surface area contributed by atoms with Crippen molar-refractivity contribution in [1.29, 1.82) is 0 Å². The van der Waals surface area contributed by atoms with Crippen molar-refractivity contribution < 1.29 is 19.3 Å². The fourth-order valence-electron chi connectivity index (χ4n) is 4.81. The number of halogens is 1. The van der Waals surface area contributed by atoms with Gasteiger partial charge in [-0.25, -0.2) is 4.98 Å². The number of nitrogens with one attached hydrogen (secondary N) is 1. The van der Waals surface area contributed by atoms with Crippen LogP contribution >= 0.6 is 11.6 Å². The van der Waals surface area contributed by atoms with E-state index >= 15 is 0 Å². The fourth-order valence-corrected chi connectivity index (χ4v) is 5.07. The summed E-state index contributed by atoms with van der Waals surface area (Å²) in [5.74, 6) is 0.190. The number of aromatic nitrogens is 3. The number of nitrogens with zero attached hydrogens (tertiary/aromatic N) is 2. The SMILES string of the molecule is OCCC1COC2C(Oc3nc4nc(-c5ccc(-c6ccccc6)cc5)c(Cl)cc4[nH]3)COC12. The zero-order valence-electron chi connectivity index (χ0n) is 18.4. The van der Waals surface area contributed by atoms with E-state index in [1.807, 2.05) is 36.4 Å². The number of aromatic amines is 1. The van der Waals surface area contributed by atoms with Crippen LogP contribution in [0, 0.1) is 5.92 Å². The van der Waals surface area contributed by atoms with E-state index in [1.165, 1.54) is 0 Å². The molecule has 0 radical (unpaired) electrons. The van der Waals surface area contributed by atoms with Crippen molar-refractivity contribution >= 4 is 22.8 Å². The molecule has 4 aromatic rings. The van der Waals surface area contributed by atoms with E-state index in [0.717, 1.165) is 16.7 Å². The van der Waals surface area contributed by atoms with Gasteiger partial charge in [-0.15, -0.1) is 0 Å². The van der Waals surface area contributed by atoms with Crippen molar-refractivity contribution in [2.75, 3.05) is 19.8 Å². The molecule has 2 aliphatic heterocycles. The number of rotatable bonds is 6. The highest BCUT2D eigenvalue weighted by molar-refractivity contribution is 6.33. The molecule has 4 heterocycles. The summed E-state index contributed by atoms with van der Waals surface area (Å²) in [6.45, 7) is 1.11. The second kappa shape index (κ2) is 9.00. The molecule has 0 saturated carbocycles.